The van der Waals surface area contributed by atoms with E-state index in [1.807, 2.05) is 0 Å². The lowest BCUT2D eigenvalue weighted by molar-refractivity contribution is -0.117. The van der Waals surface area contributed by atoms with E-state index in [-0.39, 0.29) is 6.42 Å². The third-order valence-corrected chi connectivity index (χ3v) is 2.42. The summed E-state index contributed by atoms with van der Waals surface area (Å²) in [4.78, 5) is 13.2. The number of carbonyl (C=O) groups excluding carboxylic acids is 1. The van der Waals surface area contributed by atoms with Crippen LogP contribution in [0.5, 0.6) is 0 Å². The van der Waals surface area contributed by atoms with Gasteiger partial charge in [-0.2, -0.15) is 0 Å². The lowest BCUT2D eigenvalue weighted by Crippen LogP contribution is -2.18. The molecule has 0 saturated heterocycles. The molecule has 1 rings (SSSR count). The molecule has 18 heavy (non-hydrogen) atoms. The Kier molecular flexibility index (Phi) is 5.10. The standard InChI is InChI=1S/C11H13FN4O2/c12-6-9(15-16-14)11(18)8-3-1-7(2-4-8)5-10(13)17/h1-4,9,11,18H,5-6H2,(H2,13,17)/t9-,11-/m1/s1. The molecule has 0 aliphatic heterocycles. The second-order valence-corrected chi connectivity index (χ2v) is 3.76. The van der Waals surface area contributed by atoms with Crippen LogP contribution < -0.4 is 5.73 Å². The summed E-state index contributed by atoms with van der Waals surface area (Å²) < 4.78 is 12.5. The molecule has 6 nitrogen and oxygen atoms in total. The number of nitrogens with zero attached hydrogens (tertiary/aromatic N) is 3. The van der Waals surface area contributed by atoms with Crippen molar-refractivity contribution in [2.24, 2.45) is 10.8 Å². The third kappa shape index (κ3) is 3.73. The van der Waals surface area contributed by atoms with Gasteiger partial charge < -0.3 is 10.8 Å². The van der Waals surface area contributed by atoms with Crippen molar-refractivity contribution in [1.29, 1.82) is 0 Å². The molecule has 7 heteroatoms. The highest BCUT2D eigenvalue weighted by molar-refractivity contribution is 5.76. The van der Waals surface area contributed by atoms with E-state index >= 15 is 0 Å². The number of benzene rings is 1. The molecular formula is C11H13FN4O2. The molecule has 0 spiro atoms. The molecule has 0 bridgehead atoms. The highest BCUT2D eigenvalue weighted by Gasteiger charge is 2.19. The molecule has 1 aromatic carbocycles. The van der Waals surface area contributed by atoms with Crippen LogP contribution in [0.25, 0.3) is 10.4 Å². The summed E-state index contributed by atoms with van der Waals surface area (Å²) in [5, 5.41) is 13.0. The molecule has 0 heterocycles. The normalized spacial score (nSPS) is 13.4. The highest BCUT2D eigenvalue weighted by atomic mass is 19.1. The summed E-state index contributed by atoms with van der Waals surface area (Å²) in [5.41, 5.74) is 14.4. The fourth-order valence-corrected chi connectivity index (χ4v) is 1.50. The van der Waals surface area contributed by atoms with Gasteiger partial charge in [0.1, 0.15) is 6.67 Å². The van der Waals surface area contributed by atoms with Crippen molar-refractivity contribution in [3.05, 3.63) is 45.8 Å². The van der Waals surface area contributed by atoms with Crippen molar-refractivity contribution < 1.29 is 14.3 Å². The first kappa shape index (κ1) is 14.0. The van der Waals surface area contributed by atoms with Crippen LogP contribution in [0.15, 0.2) is 29.4 Å². The average Bonchev–Trinajstić information content (AvgIpc) is 2.35. The summed E-state index contributed by atoms with van der Waals surface area (Å²) in [6.45, 7) is -0.950. The molecule has 2 atom stereocenters. The van der Waals surface area contributed by atoms with Crippen molar-refractivity contribution in [1.82, 2.24) is 0 Å². The van der Waals surface area contributed by atoms with Crippen LogP contribution in [-0.4, -0.2) is 23.7 Å². The van der Waals surface area contributed by atoms with Gasteiger partial charge in [-0.1, -0.05) is 29.4 Å². The van der Waals surface area contributed by atoms with Crippen LogP contribution in [0.1, 0.15) is 17.2 Å². The van der Waals surface area contributed by atoms with Crippen molar-refractivity contribution in [2.45, 2.75) is 18.6 Å². The highest BCUT2D eigenvalue weighted by Crippen LogP contribution is 2.20. The molecule has 96 valence electrons. The van der Waals surface area contributed by atoms with Crippen LogP contribution in [0.4, 0.5) is 4.39 Å². The Morgan fingerprint density at radius 2 is 2.11 bits per heavy atom. The van der Waals surface area contributed by atoms with Crippen molar-refractivity contribution in [3.8, 4) is 0 Å². The number of carbonyl (C=O) groups is 1. The fourth-order valence-electron chi connectivity index (χ4n) is 1.50. The van der Waals surface area contributed by atoms with Crippen LogP contribution in [0.2, 0.25) is 0 Å². The maximum atomic E-state index is 12.5. The van der Waals surface area contributed by atoms with Gasteiger partial charge in [-0.3, -0.25) is 9.18 Å². The van der Waals surface area contributed by atoms with Crippen LogP contribution in [-0.2, 0) is 11.2 Å². The topological polar surface area (TPSA) is 112 Å². The molecule has 1 amide bonds. The van der Waals surface area contributed by atoms with Gasteiger partial charge in [0, 0.05) is 4.91 Å². The lowest BCUT2D eigenvalue weighted by atomic mass is 10.0. The van der Waals surface area contributed by atoms with Crippen molar-refractivity contribution in [3.63, 3.8) is 0 Å². The minimum absolute atomic E-state index is 0.0965. The number of aliphatic hydroxyl groups is 1. The second-order valence-electron chi connectivity index (χ2n) is 3.76. The van der Waals surface area contributed by atoms with Gasteiger partial charge in [0.15, 0.2) is 0 Å². The smallest absolute Gasteiger partial charge is 0.221 e. The zero-order valence-corrected chi connectivity index (χ0v) is 9.53. The largest absolute Gasteiger partial charge is 0.388 e. The van der Waals surface area contributed by atoms with Crippen molar-refractivity contribution >= 4 is 5.91 Å². The van der Waals surface area contributed by atoms with E-state index < -0.39 is 24.7 Å². The summed E-state index contributed by atoms with van der Waals surface area (Å²) in [6.07, 6.45) is -1.12. The maximum absolute atomic E-state index is 12.5. The second kappa shape index (κ2) is 6.58. The Balaban J connectivity index is 2.83. The van der Waals surface area contributed by atoms with Crippen molar-refractivity contribution in [2.75, 3.05) is 6.67 Å². The molecular weight excluding hydrogens is 239 g/mol. The Bertz CT molecular complexity index is 457. The zero-order valence-electron chi connectivity index (χ0n) is 9.53. The molecule has 0 unspecified atom stereocenters. The number of halogens is 1. The number of hydrogen-bond acceptors (Lipinski definition) is 3. The van der Waals surface area contributed by atoms with E-state index in [9.17, 15) is 14.3 Å². The average molecular weight is 252 g/mol. The first-order chi connectivity index (χ1) is 8.58. The SMILES string of the molecule is [N-]=[N+]=N[C@H](CF)[C@H](O)c1ccc(CC(N)=O)cc1. The number of alkyl halides is 1. The Morgan fingerprint density at radius 1 is 1.50 bits per heavy atom. The summed E-state index contributed by atoms with van der Waals surface area (Å²) >= 11 is 0. The number of amides is 1. The molecule has 0 fully saturated rings. The Labute approximate surface area is 103 Å². The molecule has 0 aliphatic rings. The molecule has 0 saturated carbocycles. The van der Waals surface area contributed by atoms with Crippen LogP contribution in [0.3, 0.4) is 0 Å². The van der Waals surface area contributed by atoms with E-state index in [0.29, 0.717) is 11.1 Å². The number of primary amides is 1. The monoisotopic (exact) mass is 252 g/mol. The molecule has 0 aromatic heterocycles. The van der Waals surface area contributed by atoms with E-state index in [1.165, 1.54) is 0 Å². The first-order valence-corrected chi connectivity index (χ1v) is 5.24. The minimum Gasteiger partial charge on any atom is -0.388 e. The number of azide groups is 1. The van der Waals surface area contributed by atoms with Gasteiger partial charge in [0.2, 0.25) is 5.91 Å². The number of hydrogen-bond donors (Lipinski definition) is 2. The van der Waals surface area contributed by atoms with Gasteiger partial charge in [0.05, 0.1) is 18.6 Å². The molecule has 0 radical (unpaired) electrons. The van der Waals surface area contributed by atoms with Gasteiger partial charge in [-0.25, -0.2) is 0 Å². The number of aliphatic hydroxyl groups excluding tert-OH is 1. The maximum Gasteiger partial charge on any atom is 0.221 e. The van der Waals surface area contributed by atoms with Crippen LogP contribution in [0, 0.1) is 0 Å². The summed E-state index contributed by atoms with van der Waals surface area (Å²) in [7, 11) is 0. The third-order valence-electron chi connectivity index (χ3n) is 2.42. The fraction of sp³-hybridized carbons (Fsp3) is 0.364. The quantitative estimate of drug-likeness (QED) is 0.453. The first-order valence-electron chi connectivity index (χ1n) is 5.24. The van der Waals surface area contributed by atoms with E-state index in [4.69, 9.17) is 11.3 Å². The summed E-state index contributed by atoms with van der Waals surface area (Å²) in [6, 6.07) is 5.14. The van der Waals surface area contributed by atoms with Crippen LogP contribution >= 0.6 is 0 Å². The Morgan fingerprint density at radius 3 is 2.56 bits per heavy atom. The lowest BCUT2D eigenvalue weighted by Gasteiger charge is -2.15. The summed E-state index contributed by atoms with van der Waals surface area (Å²) in [5.74, 6) is -0.459. The van der Waals surface area contributed by atoms with E-state index in [1.54, 1.807) is 24.3 Å². The number of nitrogens with two attached hydrogens (primary N) is 1. The molecule has 0 aliphatic carbocycles. The molecule has 3 N–H and O–H groups in total. The number of rotatable bonds is 6. The minimum atomic E-state index is -1.21. The zero-order chi connectivity index (χ0) is 13.5. The van der Waals surface area contributed by atoms with Gasteiger partial charge in [-0.05, 0) is 16.7 Å². The predicted octanol–water partition coefficient (Wildman–Crippen LogP) is 1.40. The van der Waals surface area contributed by atoms with E-state index in [2.05, 4.69) is 10.0 Å². The Hall–Kier alpha value is -2.11. The van der Waals surface area contributed by atoms with Gasteiger partial charge in [-0.15, -0.1) is 0 Å². The van der Waals surface area contributed by atoms with Gasteiger partial charge in [0.25, 0.3) is 0 Å². The van der Waals surface area contributed by atoms with Gasteiger partial charge >= 0.3 is 0 Å². The van der Waals surface area contributed by atoms with E-state index in [0.717, 1.165) is 0 Å². The molecule has 1 aromatic rings. The predicted molar refractivity (Wildman–Crippen MR) is 63.2 cm³/mol.